The molecule has 0 spiro atoms. The Labute approximate surface area is 170 Å². The highest BCUT2D eigenvalue weighted by Crippen LogP contribution is 2.34. The fourth-order valence-electron chi connectivity index (χ4n) is 4.48. The quantitative estimate of drug-likeness (QED) is 0.697. The van der Waals surface area contributed by atoms with E-state index >= 15 is 0 Å². The van der Waals surface area contributed by atoms with Crippen LogP contribution in [0, 0.1) is 0 Å². The first-order valence-corrected chi connectivity index (χ1v) is 10.2. The van der Waals surface area contributed by atoms with E-state index in [2.05, 4.69) is 27.2 Å². The van der Waals surface area contributed by atoms with Crippen LogP contribution >= 0.6 is 0 Å². The van der Waals surface area contributed by atoms with Crippen LogP contribution in [0.15, 0.2) is 54.9 Å². The molecule has 3 atom stereocenters. The van der Waals surface area contributed by atoms with Crippen molar-refractivity contribution < 1.29 is 14.6 Å². The Hall–Kier alpha value is -2.54. The van der Waals surface area contributed by atoms with Crippen molar-refractivity contribution in [1.29, 1.82) is 0 Å². The predicted octanol–water partition coefficient (Wildman–Crippen LogP) is 2.90. The van der Waals surface area contributed by atoms with E-state index in [0.29, 0.717) is 18.8 Å². The van der Waals surface area contributed by atoms with Gasteiger partial charge in [0.2, 0.25) is 0 Å². The third-order valence-corrected chi connectivity index (χ3v) is 5.80. The third kappa shape index (κ3) is 3.96. The van der Waals surface area contributed by atoms with Crippen molar-refractivity contribution >= 4 is 10.8 Å². The smallest absolute Gasteiger partial charge is 0.127 e. The van der Waals surface area contributed by atoms with Crippen LogP contribution in [0.4, 0.5) is 0 Å². The molecule has 2 aromatic carbocycles. The molecule has 0 amide bonds. The summed E-state index contributed by atoms with van der Waals surface area (Å²) in [4.78, 5) is 2.30. The molecule has 3 heterocycles. The molecule has 0 saturated carbocycles. The molecule has 3 aromatic rings. The molecular weight excluding hydrogens is 366 g/mol. The maximum absolute atomic E-state index is 10.5. The number of aliphatic hydroxyl groups excluding tert-OH is 1. The van der Waals surface area contributed by atoms with Crippen molar-refractivity contribution in [2.24, 2.45) is 0 Å². The van der Waals surface area contributed by atoms with Crippen LogP contribution in [0.5, 0.6) is 5.75 Å². The minimum atomic E-state index is -0.532. The molecule has 2 fully saturated rings. The highest BCUT2D eigenvalue weighted by atomic mass is 16.5. The number of ether oxygens (including phenoxy) is 2. The first kappa shape index (κ1) is 18.5. The Balaban J connectivity index is 1.29. The highest BCUT2D eigenvalue weighted by molar-refractivity contribution is 5.99. The second-order valence-corrected chi connectivity index (χ2v) is 7.93. The fraction of sp³-hybridized carbons (Fsp3) is 0.391. The summed E-state index contributed by atoms with van der Waals surface area (Å²) >= 11 is 0. The molecule has 6 nitrogen and oxygen atoms in total. The molecule has 2 saturated heterocycles. The van der Waals surface area contributed by atoms with Gasteiger partial charge in [-0.1, -0.05) is 24.3 Å². The van der Waals surface area contributed by atoms with E-state index in [1.54, 1.807) is 12.4 Å². The molecule has 5 rings (SSSR count). The van der Waals surface area contributed by atoms with Crippen LogP contribution < -0.4 is 4.74 Å². The molecule has 0 radical (unpaired) electrons. The van der Waals surface area contributed by atoms with Crippen LogP contribution in [0.1, 0.15) is 12.8 Å². The largest absolute Gasteiger partial charge is 0.490 e. The second kappa shape index (κ2) is 8.06. The molecule has 150 valence electrons. The number of hydrogen-bond acceptors (Lipinski definition) is 6. The van der Waals surface area contributed by atoms with Crippen molar-refractivity contribution in [1.82, 2.24) is 15.1 Å². The number of benzene rings is 2. The Morgan fingerprint density at radius 1 is 1.03 bits per heavy atom. The van der Waals surface area contributed by atoms with E-state index in [4.69, 9.17) is 9.47 Å². The van der Waals surface area contributed by atoms with Crippen molar-refractivity contribution in [3.8, 4) is 16.9 Å². The minimum Gasteiger partial charge on any atom is -0.490 e. The van der Waals surface area contributed by atoms with Gasteiger partial charge in [0.1, 0.15) is 18.5 Å². The lowest BCUT2D eigenvalue weighted by molar-refractivity contribution is -0.0528. The number of aliphatic hydroxyl groups is 1. The van der Waals surface area contributed by atoms with Gasteiger partial charge in [-0.3, -0.25) is 4.90 Å². The summed E-state index contributed by atoms with van der Waals surface area (Å²) in [5.41, 5.74) is 2.11. The zero-order valence-corrected chi connectivity index (χ0v) is 16.3. The SMILES string of the molecule is OC(COc1ccc(-c2ccnnc2)c2ccccc12)CN1C[C@H]2CC[C@@H](C1)O2. The summed E-state index contributed by atoms with van der Waals surface area (Å²) in [6.07, 6.45) is 5.87. The van der Waals surface area contributed by atoms with Gasteiger partial charge in [0.15, 0.2) is 0 Å². The van der Waals surface area contributed by atoms with Crippen LogP contribution in [0.2, 0.25) is 0 Å². The molecule has 1 aromatic heterocycles. The monoisotopic (exact) mass is 391 g/mol. The lowest BCUT2D eigenvalue weighted by Gasteiger charge is -2.33. The van der Waals surface area contributed by atoms with E-state index in [9.17, 15) is 5.11 Å². The maximum atomic E-state index is 10.5. The second-order valence-electron chi connectivity index (χ2n) is 7.93. The number of aromatic nitrogens is 2. The minimum absolute atomic E-state index is 0.271. The van der Waals surface area contributed by atoms with E-state index in [1.807, 2.05) is 30.3 Å². The number of hydrogen-bond donors (Lipinski definition) is 1. The summed E-state index contributed by atoms with van der Waals surface area (Å²) < 4.78 is 11.9. The van der Waals surface area contributed by atoms with Gasteiger partial charge >= 0.3 is 0 Å². The molecule has 1 unspecified atom stereocenters. The van der Waals surface area contributed by atoms with Crippen LogP contribution in [0.3, 0.4) is 0 Å². The number of rotatable bonds is 6. The van der Waals surface area contributed by atoms with Gasteiger partial charge < -0.3 is 14.6 Å². The summed E-state index contributed by atoms with van der Waals surface area (Å²) in [6, 6.07) is 14.1. The van der Waals surface area contributed by atoms with E-state index in [-0.39, 0.29) is 6.61 Å². The van der Waals surface area contributed by atoms with Crippen molar-refractivity contribution in [2.75, 3.05) is 26.2 Å². The molecule has 1 N–H and O–H groups in total. The Kier molecular flexibility index (Phi) is 5.14. The zero-order valence-electron chi connectivity index (χ0n) is 16.3. The Morgan fingerprint density at radius 2 is 1.83 bits per heavy atom. The van der Waals surface area contributed by atoms with Crippen LogP contribution in [0.25, 0.3) is 21.9 Å². The summed E-state index contributed by atoms with van der Waals surface area (Å²) in [5, 5.41) is 20.5. The van der Waals surface area contributed by atoms with Gasteiger partial charge in [-0.2, -0.15) is 10.2 Å². The van der Waals surface area contributed by atoms with Gasteiger partial charge in [0.05, 0.1) is 24.6 Å². The van der Waals surface area contributed by atoms with Gasteiger partial charge in [0, 0.05) is 30.6 Å². The lowest BCUT2D eigenvalue weighted by atomic mass is 9.99. The van der Waals surface area contributed by atoms with Gasteiger partial charge in [-0.15, -0.1) is 0 Å². The number of β-amino-alcohol motifs (C(OH)–C–C–N with tert-alkyl or cyclic N) is 1. The van der Waals surface area contributed by atoms with Crippen LogP contribution in [-0.2, 0) is 4.74 Å². The fourth-order valence-corrected chi connectivity index (χ4v) is 4.48. The van der Waals surface area contributed by atoms with Crippen LogP contribution in [-0.4, -0.2) is 64.8 Å². The van der Waals surface area contributed by atoms with E-state index in [1.165, 1.54) is 0 Å². The molecule has 6 heteroatoms. The number of likely N-dealkylation sites (tertiary alicyclic amines) is 1. The first-order valence-electron chi connectivity index (χ1n) is 10.2. The topological polar surface area (TPSA) is 67.7 Å². The number of morpholine rings is 1. The van der Waals surface area contributed by atoms with Gasteiger partial charge in [-0.25, -0.2) is 0 Å². The molecule has 29 heavy (non-hydrogen) atoms. The summed E-state index contributed by atoms with van der Waals surface area (Å²) in [7, 11) is 0. The average Bonchev–Trinajstić information content (AvgIpc) is 3.10. The van der Waals surface area contributed by atoms with Gasteiger partial charge in [-0.05, 0) is 42.0 Å². The van der Waals surface area contributed by atoms with E-state index in [0.717, 1.165) is 53.6 Å². The molecule has 2 aliphatic rings. The number of nitrogens with zero attached hydrogens (tertiary/aromatic N) is 3. The summed E-state index contributed by atoms with van der Waals surface area (Å²) in [5.74, 6) is 0.785. The Bertz CT molecular complexity index is 970. The lowest BCUT2D eigenvalue weighted by Crippen LogP contribution is -2.46. The predicted molar refractivity (Wildman–Crippen MR) is 111 cm³/mol. The normalized spacial score (nSPS) is 22.7. The first-order chi connectivity index (χ1) is 14.3. The van der Waals surface area contributed by atoms with Crippen molar-refractivity contribution in [3.63, 3.8) is 0 Å². The zero-order chi connectivity index (χ0) is 19.6. The Morgan fingerprint density at radius 3 is 2.59 bits per heavy atom. The van der Waals surface area contributed by atoms with Crippen molar-refractivity contribution in [3.05, 3.63) is 54.9 Å². The standard InChI is InChI=1S/C23H25N3O3/c27-17(12-26-13-18-5-6-19(14-26)29-18)15-28-23-8-7-20(16-9-10-24-25-11-16)21-3-1-2-4-22(21)23/h1-4,7-11,17-19,27H,5-6,12-15H2/t17?,18-,19+. The molecule has 2 aliphatic heterocycles. The highest BCUT2D eigenvalue weighted by Gasteiger charge is 2.34. The average molecular weight is 391 g/mol. The van der Waals surface area contributed by atoms with Gasteiger partial charge in [0.25, 0.3) is 0 Å². The third-order valence-electron chi connectivity index (χ3n) is 5.80. The summed E-state index contributed by atoms with van der Waals surface area (Å²) in [6.45, 7) is 2.71. The molecular formula is C23H25N3O3. The number of fused-ring (bicyclic) bond motifs is 3. The van der Waals surface area contributed by atoms with Crippen molar-refractivity contribution in [2.45, 2.75) is 31.2 Å². The van der Waals surface area contributed by atoms with E-state index < -0.39 is 6.10 Å². The molecule has 0 aliphatic carbocycles. The maximum Gasteiger partial charge on any atom is 0.127 e. The molecule has 2 bridgehead atoms.